The van der Waals surface area contributed by atoms with Crippen molar-refractivity contribution in [2.45, 2.75) is 6.54 Å². The zero-order chi connectivity index (χ0) is 13.7. The lowest BCUT2D eigenvalue weighted by atomic mass is 10.3. The minimum atomic E-state index is -0.350. The molecule has 0 aliphatic rings. The van der Waals surface area contributed by atoms with Crippen LogP contribution in [-0.2, 0) is 6.54 Å². The van der Waals surface area contributed by atoms with Crippen LogP contribution in [0.25, 0.3) is 0 Å². The van der Waals surface area contributed by atoms with Gasteiger partial charge in [0, 0.05) is 32.3 Å². The third kappa shape index (κ3) is 4.87. The summed E-state index contributed by atoms with van der Waals surface area (Å²) in [7, 11) is 0. The maximum atomic E-state index is 13.4. The molecule has 0 bridgehead atoms. The van der Waals surface area contributed by atoms with Gasteiger partial charge in [-0.2, -0.15) is 0 Å². The third-order valence-corrected chi connectivity index (χ3v) is 4.54. The van der Waals surface area contributed by atoms with E-state index in [4.69, 9.17) is 4.74 Å². The predicted molar refractivity (Wildman–Crippen MR) is 83.3 cm³/mol. The van der Waals surface area contributed by atoms with Gasteiger partial charge in [0.15, 0.2) is 11.6 Å². The first-order valence-electron chi connectivity index (χ1n) is 5.66. The zero-order valence-electron chi connectivity index (χ0n) is 9.96. The fourth-order valence-electron chi connectivity index (χ4n) is 1.48. The van der Waals surface area contributed by atoms with Crippen molar-refractivity contribution in [1.82, 2.24) is 5.32 Å². The molecule has 0 atom stereocenters. The van der Waals surface area contributed by atoms with Crippen LogP contribution in [0.4, 0.5) is 4.39 Å². The average Bonchev–Trinajstić information content (AvgIpc) is 2.77. The van der Waals surface area contributed by atoms with Gasteiger partial charge in [-0.25, -0.2) is 4.39 Å². The van der Waals surface area contributed by atoms with E-state index in [2.05, 4.69) is 43.2 Å². The Morgan fingerprint density at radius 1 is 1.21 bits per heavy atom. The Morgan fingerprint density at radius 3 is 2.74 bits per heavy atom. The summed E-state index contributed by atoms with van der Waals surface area (Å²) in [4.78, 5) is 1.25. The van der Waals surface area contributed by atoms with Gasteiger partial charge in [-0.05, 0) is 40.2 Å². The molecule has 0 aliphatic heterocycles. The van der Waals surface area contributed by atoms with Crippen LogP contribution < -0.4 is 10.1 Å². The van der Waals surface area contributed by atoms with Crippen LogP contribution in [0, 0.1) is 5.82 Å². The quantitative estimate of drug-likeness (QED) is 0.706. The molecular weight excluding hydrogens is 397 g/mol. The Labute approximate surface area is 132 Å². The summed E-state index contributed by atoms with van der Waals surface area (Å²) in [6, 6.07) is 6.85. The lowest BCUT2D eigenvalue weighted by molar-refractivity contribution is 0.298. The summed E-state index contributed by atoms with van der Waals surface area (Å²) in [5, 5.41) is 5.30. The molecule has 1 N–H and O–H groups in total. The number of hydrogen-bond donors (Lipinski definition) is 1. The first-order chi connectivity index (χ1) is 9.15. The molecule has 2 rings (SSSR count). The molecule has 1 heterocycles. The van der Waals surface area contributed by atoms with E-state index in [0.29, 0.717) is 17.6 Å². The normalized spacial score (nSPS) is 10.7. The van der Waals surface area contributed by atoms with Crippen LogP contribution in [0.2, 0.25) is 0 Å². The first kappa shape index (κ1) is 15.0. The Balaban J connectivity index is 1.69. The number of rotatable bonds is 6. The van der Waals surface area contributed by atoms with Gasteiger partial charge in [-0.1, -0.05) is 15.9 Å². The molecule has 0 radical (unpaired) electrons. The Bertz CT molecular complexity index is 547. The number of hydrogen-bond acceptors (Lipinski definition) is 3. The van der Waals surface area contributed by atoms with Crippen LogP contribution >= 0.6 is 43.2 Å². The number of benzene rings is 1. The summed E-state index contributed by atoms with van der Waals surface area (Å²) in [6.45, 7) is 1.90. The highest BCUT2D eigenvalue weighted by Gasteiger charge is 2.03. The Kier molecular flexibility index (Phi) is 5.81. The molecular formula is C13H12Br2FNOS. The lowest BCUT2D eigenvalue weighted by Gasteiger charge is -2.08. The van der Waals surface area contributed by atoms with Crippen molar-refractivity contribution in [3.8, 4) is 5.75 Å². The van der Waals surface area contributed by atoms with Crippen LogP contribution in [0.3, 0.4) is 0 Å². The highest BCUT2D eigenvalue weighted by atomic mass is 79.9. The summed E-state index contributed by atoms with van der Waals surface area (Å²) < 4.78 is 20.6. The van der Waals surface area contributed by atoms with E-state index in [1.165, 1.54) is 10.9 Å². The smallest absolute Gasteiger partial charge is 0.166 e. The monoisotopic (exact) mass is 407 g/mol. The zero-order valence-corrected chi connectivity index (χ0v) is 13.9. The van der Waals surface area contributed by atoms with E-state index in [1.54, 1.807) is 23.5 Å². The molecule has 6 heteroatoms. The van der Waals surface area contributed by atoms with Gasteiger partial charge in [0.2, 0.25) is 0 Å². The van der Waals surface area contributed by atoms with Crippen molar-refractivity contribution in [2.24, 2.45) is 0 Å². The minimum Gasteiger partial charge on any atom is -0.489 e. The molecule has 1 aromatic carbocycles. The molecule has 0 saturated carbocycles. The van der Waals surface area contributed by atoms with Gasteiger partial charge in [-0.15, -0.1) is 11.3 Å². The molecule has 0 aliphatic carbocycles. The summed E-state index contributed by atoms with van der Waals surface area (Å²) in [5.74, 6) is -0.0690. The molecule has 0 saturated heterocycles. The molecule has 0 unspecified atom stereocenters. The van der Waals surface area contributed by atoms with Gasteiger partial charge in [0.05, 0.1) is 0 Å². The van der Waals surface area contributed by atoms with Gasteiger partial charge < -0.3 is 10.1 Å². The molecule has 19 heavy (non-hydrogen) atoms. The van der Waals surface area contributed by atoms with E-state index in [-0.39, 0.29) is 11.6 Å². The molecule has 0 amide bonds. The SMILES string of the molecule is Fc1cc(Br)ccc1OCCNCc1cc(Br)cs1. The van der Waals surface area contributed by atoms with Crippen LogP contribution in [0.1, 0.15) is 4.88 Å². The van der Waals surface area contributed by atoms with Crippen molar-refractivity contribution in [3.05, 3.63) is 49.3 Å². The third-order valence-electron chi connectivity index (χ3n) is 2.35. The molecule has 2 aromatic rings. The van der Waals surface area contributed by atoms with Crippen molar-refractivity contribution in [3.63, 3.8) is 0 Å². The van der Waals surface area contributed by atoms with Crippen LogP contribution in [-0.4, -0.2) is 13.2 Å². The van der Waals surface area contributed by atoms with Gasteiger partial charge in [0.1, 0.15) is 6.61 Å². The van der Waals surface area contributed by atoms with Crippen molar-refractivity contribution in [1.29, 1.82) is 0 Å². The first-order valence-corrected chi connectivity index (χ1v) is 8.13. The van der Waals surface area contributed by atoms with E-state index >= 15 is 0 Å². The molecule has 2 nitrogen and oxygen atoms in total. The van der Waals surface area contributed by atoms with Gasteiger partial charge in [-0.3, -0.25) is 0 Å². The standard InChI is InChI=1S/C13H12Br2FNOS/c14-9-1-2-13(12(16)6-9)18-4-3-17-7-11-5-10(15)8-19-11/h1-2,5-6,8,17H,3-4,7H2. The Hall–Kier alpha value is -0.430. The minimum absolute atomic E-state index is 0.281. The summed E-state index contributed by atoms with van der Waals surface area (Å²) in [6.07, 6.45) is 0. The Morgan fingerprint density at radius 2 is 2.05 bits per heavy atom. The van der Waals surface area contributed by atoms with Crippen LogP contribution in [0.5, 0.6) is 5.75 Å². The highest BCUT2D eigenvalue weighted by molar-refractivity contribution is 9.10. The maximum Gasteiger partial charge on any atom is 0.166 e. The van der Waals surface area contributed by atoms with Crippen molar-refractivity contribution in [2.75, 3.05) is 13.2 Å². The van der Waals surface area contributed by atoms with Crippen molar-refractivity contribution < 1.29 is 9.13 Å². The largest absolute Gasteiger partial charge is 0.489 e. The molecule has 102 valence electrons. The summed E-state index contributed by atoms with van der Waals surface area (Å²) >= 11 is 8.31. The second-order valence-corrected chi connectivity index (χ2v) is 6.66. The molecule has 1 aromatic heterocycles. The highest BCUT2D eigenvalue weighted by Crippen LogP contribution is 2.21. The fourth-order valence-corrected chi connectivity index (χ4v) is 3.24. The molecule has 0 spiro atoms. The topological polar surface area (TPSA) is 21.3 Å². The second-order valence-electron chi connectivity index (χ2n) is 3.83. The number of nitrogens with one attached hydrogen (secondary N) is 1. The number of thiophene rings is 1. The van der Waals surface area contributed by atoms with E-state index < -0.39 is 0 Å². The van der Waals surface area contributed by atoms with Crippen LogP contribution in [0.15, 0.2) is 38.6 Å². The number of halogens is 3. The van der Waals surface area contributed by atoms with Gasteiger partial charge >= 0.3 is 0 Å². The van der Waals surface area contributed by atoms with E-state index in [0.717, 1.165) is 11.0 Å². The van der Waals surface area contributed by atoms with Crippen molar-refractivity contribution >= 4 is 43.2 Å². The van der Waals surface area contributed by atoms with Gasteiger partial charge in [0.25, 0.3) is 0 Å². The average molecular weight is 409 g/mol. The maximum absolute atomic E-state index is 13.4. The lowest BCUT2D eigenvalue weighted by Crippen LogP contribution is -2.20. The fraction of sp³-hybridized carbons (Fsp3) is 0.231. The summed E-state index contributed by atoms with van der Waals surface area (Å²) in [5.41, 5.74) is 0. The predicted octanol–water partition coefficient (Wildman–Crippen LogP) is 4.58. The number of ether oxygens (including phenoxy) is 1. The van der Waals surface area contributed by atoms with E-state index in [1.807, 2.05) is 5.38 Å². The van der Waals surface area contributed by atoms with E-state index in [9.17, 15) is 4.39 Å². The second kappa shape index (κ2) is 7.38. The molecule has 0 fully saturated rings.